The van der Waals surface area contributed by atoms with Crippen LogP contribution in [0, 0.1) is 17.0 Å². The van der Waals surface area contributed by atoms with Crippen LogP contribution >= 0.6 is 0 Å². The van der Waals surface area contributed by atoms with Gasteiger partial charge in [0.25, 0.3) is 11.5 Å². The monoisotopic (exact) mass is 415 g/mol. The minimum absolute atomic E-state index is 0.103. The van der Waals surface area contributed by atoms with Crippen LogP contribution in [0.5, 0.6) is 0 Å². The molecule has 1 saturated heterocycles. The van der Waals surface area contributed by atoms with Gasteiger partial charge in [-0.2, -0.15) is 0 Å². The SMILES string of the molecule is Cc1ccc(C(O)=C2C(=O)C(=O)N(c3ccccn3)[C@H]2c2ccc([N+](=O)[O-])cc2)cc1. The average molecular weight is 415 g/mol. The number of aromatic nitrogens is 1. The Balaban J connectivity index is 1.92. The van der Waals surface area contributed by atoms with Gasteiger partial charge in [0.2, 0.25) is 0 Å². The maximum absolute atomic E-state index is 13.0. The standard InChI is InChI=1S/C23H17N3O5/c1-14-5-7-16(8-6-14)21(27)19-20(15-9-11-17(12-10-15)26(30)31)25(23(29)22(19)28)18-4-2-3-13-24-18/h2-13,20,27H,1H3/t20-/m0/s1. The van der Waals surface area contributed by atoms with Gasteiger partial charge in [-0.25, -0.2) is 4.98 Å². The number of Topliss-reactive ketones (excluding diaryl/α,β-unsaturated/α-hetero) is 1. The number of nitrogens with zero attached hydrogens (tertiary/aromatic N) is 3. The first kappa shape index (κ1) is 20.0. The Bertz CT molecular complexity index is 1200. The van der Waals surface area contributed by atoms with Gasteiger partial charge >= 0.3 is 5.91 Å². The second-order valence-corrected chi connectivity index (χ2v) is 7.07. The lowest BCUT2D eigenvalue weighted by Gasteiger charge is -2.24. The van der Waals surface area contributed by atoms with Gasteiger partial charge in [0.15, 0.2) is 0 Å². The van der Waals surface area contributed by atoms with Crippen LogP contribution in [0.15, 0.2) is 78.5 Å². The second-order valence-electron chi connectivity index (χ2n) is 7.07. The lowest BCUT2D eigenvalue weighted by Crippen LogP contribution is -2.30. The molecule has 8 nitrogen and oxygen atoms in total. The van der Waals surface area contributed by atoms with Gasteiger partial charge in [0.05, 0.1) is 16.5 Å². The first-order valence-electron chi connectivity index (χ1n) is 9.42. The minimum atomic E-state index is -0.989. The first-order valence-corrected chi connectivity index (χ1v) is 9.42. The van der Waals surface area contributed by atoms with Crippen molar-refractivity contribution in [1.29, 1.82) is 0 Å². The number of pyridine rings is 1. The van der Waals surface area contributed by atoms with Crippen molar-refractivity contribution in [2.75, 3.05) is 4.90 Å². The van der Waals surface area contributed by atoms with Gasteiger partial charge in [0.1, 0.15) is 11.6 Å². The van der Waals surface area contributed by atoms with Gasteiger partial charge in [-0.05, 0) is 36.8 Å². The Morgan fingerprint density at radius 2 is 1.71 bits per heavy atom. The molecule has 0 spiro atoms. The number of anilines is 1. The summed E-state index contributed by atoms with van der Waals surface area (Å²) in [5.74, 6) is -1.78. The summed E-state index contributed by atoms with van der Waals surface area (Å²) < 4.78 is 0. The van der Waals surface area contributed by atoms with E-state index < -0.39 is 22.7 Å². The van der Waals surface area contributed by atoms with Gasteiger partial charge in [-0.3, -0.25) is 24.6 Å². The van der Waals surface area contributed by atoms with E-state index in [-0.39, 0.29) is 22.8 Å². The molecular formula is C23H17N3O5. The normalized spacial score (nSPS) is 17.7. The Labute approximate surface area is 177 Å². The molecule has 4 rings (SSSR count). The number of carbonyl (C=O) groups excluding carboxylic acids is 2. The minimum Gasteiger partial charge on any atom is -0.507 e. The Morgan fingerprint density at radius 3 is 2.29 bits per heavy atom. The zero-order chi connectivity index (χ0) is 22.1. The molecule has 0 saturated carbocycles. The van der Waals surface area contributed by atoms with Crippen LogP contribution in [-0.2, 0) is 9.59 Å². The second kappa shape index (κ2) is 7.83. The number of nitro groups is 1. The lowest BCUT2D eigenvalue weighted by molar-refractivity contribution is -0.384. The summed E-state index contributed by atoms with van der Waals surface area (Å²) in [6.45, 7) is 1.89. The number of rotatable bonds is 4. The molecule has 1 atom stereocenters. The van der Waals surface area contributed by atoms with Crippen LogP contribution in [0.4, 0.5) is 11.5 Å². The third-order valence-corrected chi connectivity index (χ3v) is 5.09. The molecule has 1 aromatic heterocycles. The van der Waals surface area contributed by atoms with Gasteiger partial charge in [-0.1, -0.05) is 35.9 Å². The zero-order valence-corrected chi connectivity index (χ0v) is 16.4. The van der Waals surface area contributed by atoms with Crippen molar-refractivity contribution in [2.45, 2.75) is 13.0 Å². The van der Waals surface area contributed by atoms with Crippen molar-refractivity contribution >= 4 is 29.0 Å². The summed E-state index contributed by atoms with van der Waals surface area (Å²) in [5, 5.41) is 22.0. The molecule has 3 aromatic rings. The molecule has 8 heteroatoms. The maximum Gasteiger partial charge on any atom is 0.301 e. The third-order valence-electron chi connectivity index (χ3n) is 5.09. The molecule has 0 aliphatic carbocycles. The highest BCUT2D eigenvalue weighted by atomic mass is 16.6. The zero-order valence-electron chi connectivity index (χ0n) is 16.4. The molecule has 31 heavy (non-hydrogen) atoms. The number of carbonyl (C=O) groups is 2. The van der Waals surface area contributed by atoms with Crippen LogP contribution in [0.3, 0.4) is 0 Å². The van der Waals surface area contributed by atoms with E-state index in [2.05, 4.69) is 4.98 Å². The maximum atomic E-state index is 13.0. The molecule has 0 unspecified atom stereocenters. The number of ketones is 1. The van der Waals surface area contributed by atoms with Gasteiger partial charge in [0, 0.05) is 23.9 Å². The van der Waals surface area contributed by atoms with Crippen molar-refractivity contribution in [3.05, 3.63) is 105 Å². The summed E-state index contributed by atoms with van der Waals surface area (Å²) in [7, 11) is 0. The van der Waals surface area contributed by atoms with Crippen LogP contribution in [0.25, 0.3) is 5.76 Å². The van der Waals surface area contributed by atoms with Crippen LogP contribution < -0.4 is 4.90 Å². The highest BCUT2D eigenvalue weighted by Gasteiger charge is 2.47. The molecule has 0 radical (unpaired) electrons. The van der Waals surface area contributed by atoms with Gasteiger partial charge in [-0.15, -0.1) is 0 Å². The van der Waals surface area contributed by atoms with Crippen LogP contribution in [0.2, 0.25) is 0 Å². The van der Waals surface area contributed by atoms with E-state index in [1.165, 1.54) is 35.4 Å². The fraction of sp³-hybridized carbons (Fsp3) is 0.0870. The quantitative estimate of drug-likeness (QED) is 0.227. The molecular weight excluding hydrogens is 398 g/mol. The number of aryl methyl sites for hydroxylation is 1. The molecule has 1 aliphatic rings. The molecule has 1 fully saturated rings. The lowest BCUT2D eigenvalue weighted by atomic mass is 9.95. The number of hydrogen-bond donors (Lipinski definition) is 1. The number of non-ortho nitro benzene ring substituents is 1. The van der Waals surface area contributed by atoms with E-state index in [1.807, 2.05) is 6.92 Å². The van der Waals surface area contributed by atoms with Gasteiger partial charge < -0.3 is 5.11 Å². The van der Waals surface area contributed by atoms with Crippen molar-refractivity contribution in [3.8, 4) is 0 Å². The number of amides is 1. The predicted octanol–water partition coefficient (Wildman–Crippen LogP) is 3.92. The Morgan fingerprint density at radius 1 is 1.03 bits per heavy atom. The third kappa shape index (κ3) is 3.55. The summed E-state index contributed by atoms with van der Waals surface area (Å²) in [5.41, 5.74) is 1.56. The highest BCUT2D eigenvalue weighted by molar-refractivity contribution is 6.51. The first-order chi connectivity index (χ1) is 14.9. The summed E-state index contributed by atoms with van der Waals surface area (Å²) >= 11 is 0. The molecule has 0 bridgehead atoms. The fourth-order valence-corrected chi connectivity index (χ4v) is 3.53. The molecule has 1 amide bonds. The van der Waals surface area contributed by atoms with E-state index in [0.717, 1.165) is 5.56 Å². The van der Waals surface area contributed by atoms with Crippen molar-refractivity contribution in [3.63, 3.8) is 0 Å². The van der Waals surface area contributed by atoms with E-state index in [9.17, 15) is 24.8 Å². The van der Waals surface area contributed by atoms with E-state index >= 15 is 0 Å². The fourth-order valence-electron chi connectivity index (χ4n) is 3.53. The number of nitro benzene ring substituents is 1. The molecule has 154 valence electrons. The summed E-state index contributed by atoms with van der Waals surface area (Å²) in [6.07, 6.45) is 1.49. The smallest absolute Gasteiger partial charge is 0.301 e. The molecule has 1 N–H and O–H groups in total. The van der Waals surface area contributed by atoms with Crippen molar-refractivity contribution in [2.24, 2.45) is 0 Å². The largest absolute Gasteiger partial charge is 0.507 e. The van der Waals surface area contributed by atoms with E-state index in [1.54, 1.807) is 42.5 Å². The van der Waals surface area contributed by atoms with Crippen molar-refractivity contribution in [1.82, 2.24) is 4.98 Å². The highest BCUT2D eigenvalue weighted by Crippen LogP contribution is 2.41. The average Bonchev–Trinajstić information content (AvgIpc) is 3.05. The van der Waals surface area contributed by atoms with Crippen molar-refractivity contribution < 1.29 is 19.6 Å². The summed E-state index contributed by atoms with van der Waals surface area (Å²) in [6, 6.07) is 16.3. The van der Waals surface area contributed by atoms with E-state index in [0.29, 0.717) is 11.1 Å². The number of aliphatic hydroxyl groups excluding tert-OH is 1. The van der Waals surface area contributed by atoms with Crippen LogP contribution in [0.1, 0.15) is 22.7 Å². The topological polar surface area (TPSA) is 114 Å². The predicted molar refractivity (Wildman–Crippen MR) is 113 cm³/mol. The van der Waals surface area contributed by atoms with Crippen LogP contribution in [-0.4, -0.2) is 26.7 Å². The molecule has 2 aromatic carbocycles. The summed E-state index contributed by atoms with van der Waals surface area (Å²) in [4.78, 5) is 41.8. The number of hydrogen-bond acceptors (Lipinski definition) is 6. The number of aliphatic hydroxyl groups is 1. The Hall–Kier alpha value is -4.33. The molecule has 2 heterocycles. The molecule has 1 aliphatic heterocycles. The Kier molecular flexibility index (Phi) is 5.04. The van der Waals surface area contributed by atoms with E-state index in [4.69, 9.17) is 0 Å². The number of benzene rings is 2.